The fourth-order valence-electron chi connectivity index (χ4n) is 3.14. The van der Waals surface area contributed by atoms with Gasteiger partial charge in [0.1, 0.15) is 5.75 Å². The minimum atomic E-state index is -0.484. The average Bonchev–Trinajstić information content (AvgIpc) is 2.70. The molecule has 27 heavy (non-hydrogen) atoms. The Morgan fingerprint density at radius 3 is 2.89 bits per heavy atom. The number of hydrogen-bond acceptors (Lipinski definition) is 6. The summed E-state index contributed by atoms with van der Waals surface area (Å²) in [7, 11) is 1.35. The van der Waals surface area contributed by atoms with Crippen molar-refractivity contribution in [2.24, 2.45) is 0 Å². The van der Waals surface area contributed by atoms with Gasteiger partial charge in [-0.1, -0.05) is 24.3 Å². The number of nitrogens with zero attached hydrogens (tertiary/aromatic N) is 2. The number of esters is 1. The number of para-hydroxylation sites is 1. The highest BCUT2D eigenvalue weighted by atomic mass is 16.5. The first-order valence-corrected chi connectivity index (χ1v) is 9.06. The van der Waals surface area contributed by atoms with Crippen LogP contribution >= 0.6 is 0 Å². The highest BCUT2D eigenvalue weighted by Crippen LogP contribution is 2.34. The van der Waals surface area contributed by atoms with E-state index in [0.717, 1.165) is 23.3 Å². The van der Waals surface area contributed by atoms with E-state index < -0.39 is 5.97 Å². The maximum absolute atomic E-state index is 12.1. The molecule has 2 aromatic rings. The third kappa shape index (κ3) is 4.34. The van der Waals surface area contributed by atoms with Crippen LogP contribution in [0, 0.1) is 6.92 Å². The lowest BCUT2D eigenvalue weighted by Crippen LogP contribution is -2.13. The molecule has 6 nitrogen and oxygen atoms in total. The van der Waals surface area contributed by atoms with Gasteiger partial charge in [-0.2, -0.15) is 0 Å². The van der Waals surface area contributed by atoms with Gasteiger partial charge < -0.3 is 14.2 Å². The number of aryl methyl sites for hydroxylation is 1. The van der Waals surface area contributed by atoms with Crippen LogP contribution < -0.4 is 4.74 Å². The van der Waals surface area contributed by atoms with Crippen LogP contribution in [0.1, 0.15) is 46.3 Å². The van der Waals surface area contributed by atoms with Crippen LogP contribution in [0.4, 0.5) is 0 Å². The molecule has 6 heteroatoms. The van der Waals surface area contributed by atoms with Crippen LogP contribution in [-0.4, -0.2) is 42.9 Å². The predicted octanol–water partition coefficient (Wildman–Crippen LogP) is 3.36. The maximum Gasteiger partial charge on any atom is 0.358 e. The van der Waals surface area contributed by atoms with Crippen molar-refractivity contribution in [3.05, 3.63) is 58.7 Å². The minimum absolute atomic E-state index is 0.246. The Bertz CT molecular complexity index is 861. The van der Waals surface area contributed by atoms with E-state index in [9.17, 15) is 4.79 Å². The van der Waals surface area contributed by atoms with Gasteiger partial charge in [0.2, 0.25) is 0 Å². The molecule has 0 bridgehead atoms. The summed E-state index contributed by atoms with van der Waals surface area (Å²) in [6, 6.07) is 6.06. The highest BCUT2D eigenvalue weighted by Gasteiger charge is 2.20. The predicted molar refractivity (Wildman–Crippen MR) is 102 cm³/mol. The van der Waals surface area contributed by atoms with E-state index in [2.05, 4.69) is 22.1 Å². The summed E-state index contributed by atoms with van der Waals surface area (Å²) in [4.78, 5) is 20.9. The number of carbonyl (C=O) groups excluding carboxylic acids is 1. The molecule has 0 spiro atoms. The average molecular weight is 368 g/mol. The summed E-state index contributed by atoms with van der Waals surface area (Å²) >= 11 is 0. The molecule has 0 amide bonds. The number of methoxy groups -OCH3 is 1. The van der Waals surface area contributed by atoms with E-state index in [0.29, 0.717) is 37.6 Å². The van der Waals surface area contributed by atoms with Gasteiger partial charge in [0.25, 0.3) is 0 Å². The Kier molecular flexibility index (Phi) is 6.19. The first kappa shape index (κ1) is 19.0. The topological polar surface area (TPSA) is 70.5 Å². The summed E-state index contributed by atoms with van der Waals surface area (Å²) in [5.74, 6) is 0.341. The molecule has 0 atom stereocenters. The van der Waals surface area contributed by atoms with Crippen molar-refractivity contribution in [1.29, 1.82) is 0 Å². The molecule has 1 aromatic heterocycles. The second-order valence-corrected chi connectivity index (χ2v) is 6.26. The zero-order chi connectivity index (χ0) is 19.2. The van der Waals surface area contributed by atoms with Crippen LogP contribution in [0.2, 0.25) is 0 Å². The Balaban J connectivity index is 2.03. The molecule has 0 fully saturated rings. The van der Waals surface area contributed by atoms with E-state index in [4.69, 9.17) is 14.2 Å². The smallest absolute Gasteiger partial charge is 0.358 e. The molecule has 0 aliphatic carbocycles. The van der Waals surface area contributed by atoms with Crippen molar-refractivity contribution >= 4 is 11.5 Å². The van der Waals surface area contributed by atoms with E-state index >= 15 is 0 Å². The van der Waals surface area contributed by atoms with Crippen LogP contribution in [0.5, 0.6) is 5.75 Å². The summed E-state index contributed by atoms with van der Waals surface area (Å²) < 4.78 is 16.3. The van der Waals surface area contributed by atoms with Gasteiger partial charge in [0.05, 0.1) is 38.3 Å². The van der Waals surface area contributed by atoms with Gasteiger partial charge in [-0.15, -0.1) is 0 Å². The molecule has 0 saturated heterocycles. The van der Waals surface area contributed by atoms with Crippen LogP contribution in [-0.2, 0) is 15.9 Å². The highest BCUT2D eigenvalue weighted by molar-refractivity contribution is 5.88. The monoisotopic (exact) mass is 368 g/mol. The summed E-state index contributed by atoms with van der Waals surface area (Å²) in [5, 5.41) is 0. The summed E-state index contributed by atoms with van der Waals surface area (Å²) in [5.41, 5.74) is 4.74. The van der Waals surface area contributed by atoms with E-state index in [1.807, 2.05) is 19.1 Å². The maximum atomic E-state index is 12.1. The number of hydrogen-bond donors (Lipinski definition) is 0. The van der Waals surface area contributed by atoms with E-state index in [-0.39, 0.29) is 5.69 Å². The molecule has 1 aliphatic heterocycles. The van der Waals surface area contributed by atoms with Crippen molar-refractivity contribution in [2.75, 3.05) is 26.9 Å². The summed E-state index contributed by atoms with van der Waals surface area (Å²) in [6.45, 7) is 5.63. The fourth-order valence-corrected chi connectivity index (χ4v) is 3.14. The molecule has 1 aliphatic rings. The number of benzene rings is 1. The zero-order valence-electron chi connectivity index (χ0n) is 15.9. The Morgan fingerprint density at radius 2 is 2.19 bits per heavy atom. The van der Waals surface area contributed by atoms with Crippen LogP contribution in [0.15, 0.2) is 30.5 Å². The van der Waals surface area contributed by atoms with Crippen LogP contribution in [0.25, 0.3) is 5.57 Å². The quantitative estimate of drug-likeness (QED) is 0.728. The molecule has 0 radical (unpaired) electrons. The molecule has 1 aromatic carbocycles. The Labute approximate surface area is 159 Å². The van der Waals surface area contributed by atoms with Crippen molar-refractivity contribution in [3.63, 3.8) is 0 Å². The first-order valence-electron chi connectivity index (χ1n) is 9.06. The van der Waals surface area contributed by atoms with Gasteiger partial charge >= 0.3 is 5.97 Å². The molecule has 142 valence electrons. The van der Waals surface area contributed by atoms with Gasteiger partial charge in [-0.3, -0.25) is 4.98 Å². The van der Waals surface area contributed by atoms with Gasteiger partial charge in [-0.05, 0) is 25.8 Å². The first-order chi connectivity index (χ1) is 13.1. The lowest BCUT2D eigenvalue weighted by Gasteiger charge is -2.20. The Morgan fingerprint density at radius 1 is 1.33 bits per heavy atom. The van der Waals surface area contributed by atoms with Crippen molar-refractivity contribution in [3.8, 4) is 5.75 Å². The van der Waals surface area contributed by atoms with Gasteiger partial charge in [0, 0.05) is 23.7 Å². The van der Waals surface area contributed by atoms with E-state index in [1.54, 1.807) is 13.1 Å². The molecule has 2 heterocycles. The zero-order valence-corrected chi connectivity index (χ0v) is 15.9. The molecule has 0 saturated carbocycles. The fraction of sp³-hybridized carbons (Fsp3) is 0.381. The van der Waals surface area contributed by atoms with Crippen molar-refractivity contribution in [1.82, 2.24) is 9.97 Å². The molecule has 3 rings (SSSR count). The molecular formula is C21H24N2O4. The minimum Gasteiger partial charge on any atom is -0.493 e. The second-order valence-electron chi connectivity index (χ2n) is 6.26. The van der Waals surface area contributed by atoms with Crippen LogP contribution in [0.3, 0.4) is 0 Å². The van der Waals surface area contributed by atoms with Crippen molar-refractivity contribution < 1.29 is 19.0 Å². The number of rotatable bonds is 6. The normalized spacial score (nSPS) is 13.8. The number of aromatic nitrogens is 2. The third-order valence-corrected chi connectivity index (χ3v) is 4.40. The lowest BCUT2D eigenvalue weighted by atomic mass is 9.96. The largest absolute Gasteiger partial charge is 0.493 e. The summed E-state index contributed by atoms with van der Waals surface area (Å²) in [6.07, 6.45) is 5.04. The molecular weight excluding hydrogens is 344 g/mol. The molecule has 0 N–H and O–H groups in total. The molecule has 0 unspecified atom stereocenters. The Hall–Kier alpha value is -2.73. The van der Waals surface area contributed by atoms with Gasteiger partial charge in [0.15, 0.2) is 5.69 Å². The number of ether oxygens (including phenoxy) is 3. The number of carbonyl (C=O) groups is 1. The van der Waals surface area contributed by atoms with Gasteiger partial charge in [-0.25, -0.2) is 9.78 Å². The SMILES string of the molecule is CCOc1c(Cc2ncc(C)nc2C(=O)OC)cccc1C1=CCOCC1. The standard InChI is InChI=1S/C21H24N2O4/c1-4-27-20-16(6-5-7-17(20)15-8-10-26-11-9-15)12-18-19(21(24)25-3)23-14(2)13-22-18/h5-8,13H,4,9-12H2,1-3H3. The lowest BCUT2D eigenvalue weighted by molar-refractivity contribution is 0.0592. The third-order valence-electron chi connectivity index (χ3n) is 4.40. The second kappa shape index (κ2) is 8.77. The van der Waals surface area contributed by atoms with E-state index in [1.165, 1.54) is 12.7 Å². The van der Waals surface area contributed by atoms with Crippen molar-refractivity contribution in [2.45, 2.75) is 26.7 Å².